The highest BCUT2D eigenvalue weighted by Crippen LogP contribution is 2.38. The van der Waals surface area contributed by atoms with E-state index in [1.807, 2.05) is 0 Å². The van der Waals surface area contributed by atoms with Crippen LogP contribution in [0.4, 0.5) is 30.7 Å². The Balaban J connectivity index is 2.08. The first-order valence-corrected chi connectivity index (χ1v) is 9.71. The van der Waals surface area contributed by atoms with Crippen molar-refractivity contribution in [3.05, 3.63) is 76.4 Å². The number of aliphatic carboxylic acids is 1. The molecular formula is C22H16F7N3O2. The predicted molar refractivity (Wildman–Crippen MR) is 108 cm³/mol. The predicted octanol–water partition coefficient (Wildman–Crippen LogP) is 6.43. The Morgan fingerprint density at radius 3 is 2.24 bits per heavy atom. The first-order chi connectivity index (χ1) is 15.8. The van der Waals surface area contributed by atoms with Crippen LogP contribution in [0.25, 0.3) is 17.6 Å². The van der Waals surface area contributed by atoms with E-state index in [4.69, 9.17) is 0 Å². The molecule has 0 radical (unpaired) electrons. The second kappa shape index (κ2) is 9.27. The molecule has 0 aliphatic heterocycles. The highest BCUT2D eigenvalue weighted by atomic mass is 19.4. The van der Waals surface area contributed by atoms with Crippen molar-refractivity contribution in [1.29, 1.82) is 0 Å². The average molecular weight is 487 g/mol. The molecule has 1 aromatic heterocycles. The Kier molecular flexibility index (Phi) is 6.80. The molecule has 180 valence electrons. The molecule has 0 unspecified atom stereocenters. The maximum absolute atomic E-state index is 14.0. The monoisotopic (exact) mass is 487 g/mol. The van der Waals surface area contributed by atoms with Crippen molar-refractivity contribution in [2.45, 2.75) is 32.1 Å². The molecule has 34 heavy (non-hydrogen) atoms. The molecule has 1 aliphatic carbocycles. The van der Waals surface area contributed by atoms with E-state index in [9.17, 15) is 40.6 Å². The maximum atomic E-state index is 14.0. The standard InChI is InChI=1S/C22H16F7N3O2/c1-2-12-3-4-17(23)8-13(5-12)18(20(33)34)10-32-11-30-19(31-32)14-6-15(21(24,25)26)9-16(7-14)22(27,28)29/h4-11H,2-3H2,1H3,(H,33,34). The van der Waals surface area contributed by atoms with Gasteiger partial charge in [-0.05, 0) is 48.8 Å². The van der Waals surface area contributed by atoms with Gasteiger partial charge in [-0.25, -0.2) is 18.9 Å². The van der Waals surface area contributed by atoms with Gasteiger partial charge in [0.1, 0.15) is 12.2 Å². The summed E-state index contributed by atoms with van der Waals surface area (Å²) >= 11 is 0. The van der Waals surface area contributed by atoms with E-state index < -0.39 is 52.2 Å². The van der Waals surface area contributed by atoms with Gasteiger partial charge < -0.3 is 5.11 Å². The Morgan fingerprint density at radius 1 is 1.09 bits per heavy atom. The van der Waals surface area contributed by atoms with Gasteiger partial charge in [0.05, 0.1) is 16.7 Å². The van der Waals surface area contributed by atoms with E-state index in [-0.39, 0.29) is 18.1 Å². The van der Waals surface area contributed by atoms with Gasteiger partial charge in [0.25, 0.3) is 0 Å². The smallest absolute Gasteiger partial charge is 0.416 e. The van der Waals surface area contributed by atoms with E-state index in [0.29, 0.717) is 18.6 Å². The fourth-order valence-corrected chi connectivity index (χ4v) is 3.10. The Morgan fingerprint density at radius 2 is 1.71 bits per heavy atom. The van der Waals surface area contributed by atoms with Crippen LogP contribution in [0.15, 0.2) is 65.3 Å². The molecule has 0 saturated heterocycles. The molecule has 2 aromatic rings. The normalized spacial score (nSPS) is 15.4. The van der Waals surface area contributed by atoms with Crippen LogP contribution < -0.4 is 0 Å². The van der Waals surface area contributed by atoms with Crippen molar-refractivity contribution in [3.63, 3.8) is 0 Å². The number of hydrogen-bond acceptors (Lipinski definition) is 3. The van der Waals surface area contributed by atoms with Gasteiger partial charge >= 0.3 is 18.3 Å². The number of rotatable bonds is 5. The summed E-state index contributed by atoms with van der Waals surface area (Å²) in [4.78, 5) is 15.5. The van der Waals surface area contributed by atoms with Crippen LogP contribution in [0, 0.1) is 0 Å². The quantitative estimate of drug-likeness (QED) is 0.390. The lowest BCUT2D eigenvalue weighted by Gasteiger charge is -2.13. The van der Waals surface area contributed by atoms with Crippen LogP contribution in [-0.2, 0) is 17.1 Å². The zero-order chi connectivity index (χ0) is 25.3. The number of nitrogens with zero attached hydrogens (tertiary/aromatic N) is 3. The summed E-state index contributed by atoms with van der Waals surface area (Å²) in [5.41, 5.74) is -3.31. The molecule has 3 rings (SSSR count). The minimum atomic E-state index is -5.05. The highest BCUT2D eigenvalue weighted by molar-refractivity contribution is 5.96. The molecule has 0 bridgehead atoms. The third-order valence-corrected chi connectivity index (χ3v) is 4.82. The SMILES string of the molecule is CCC1=CC(C(=Cn2cnc(-c3cc(C(F)(F)F)cc(C(F)(F)F)c3)n2)C(=O)O)=CC(F)=CC1. The lowest BCUT2D eigenvalue weighted by atomic mass is 10.0. The van der Waals surface area contributed by atoms with Crippen molar-refractivity contribution in [2.75, 3.05) is 0 Å². The van der Waals surface area contributed by atoms with E-state index in [2.05, 4.69) is 10.1 Å². The van der Waals surface area contributed by atoms with Gasteiger partial charge in [-0.1, -0.05) is 18.6 Å². The minimum Gasteiger partial charge on any atom is -0.478 e. The first kappa shape index (κ1) is 24.9. The molecule has 0 spiro atoms. The van der Waals surface area contributed by atoms with Crippen LogP contribution >= 0.6 is 0 Å². The number of carboxylic acid groups (broad SMARTS) is 1. The number of carboxylic acids is 1. The molecule has 1 aromatic carbocycles. The summed E-state index contributed by atoms with van der Waals surface area (Å²) < 4.78 is 93.5. The topological polar surface area (TPSA) is 68.0 Å². The van der Waals surface area contributed by atoms with Crippen LogP contribution in [0.3, 0.4) is 0 Å². The number of alkyl halides is 6. The summed E-state index contributed by atoms with van der Waals surface area (Å²) in [6.07, 6.45) is -3.68. The average Bonchev–Trinajstić information content (AvgIpc) is 3.13. The van der Waals surface area contributed by atoms with E-state index in [1.54, 1.807) is 6.92 Å². The third-order valence-electron chi connectivity index (χ3n) is 4.82. The molecule has 0 saturated carbocycles. The minimum absolute atomic E-state index is 0.00563. The number of halogens is 7. The molecule has 0 amide bonds. The van der Waals surface area contributed by atoms with E-state index >= 15 is 0 Å². The molecule has 12 heteroatoms. The molecule has 0 fully saturated rings. The van der Waals surface area contributed by atoms with Gasteiger partial charge in [0, 0.05) is 11.8 Å². The van der Waals surface area contributed by atoms with Crippen molar-refractivity contribution in [3.8, 4) is 11.4 Å². The molecule has 0 atom stereocenters. The maximum Gasteiger partial charge on any atom is 0.416 e. The second-order valence-corrected chi connectivity index (χ2v) is 7.24. The first-order valence-electron chi connectivity index (χ1n) is 9.71. The number of hydrogen-bond donors (Lipinski definition) is 1. The lowest BCUT2D eigenvalue weighted by Crippen LogP contribution is -2.11. The second-order valence-electron chi connectivity index (χ2n) is 7.24. The lowest BCUT2D eigenvalue weighted by molar-refractivity contribution is -0.143. The van der Waals surface area contributed by atoms with Crippen molar-refractivity contribution in [2.24, 2.45) is 0 Å². The zero-order valence-corrected chi connectivity index (χ0v) is 17.4. The number of carbonyl (C=O) groups is 1. The van der Waals surface area contributed by atoms with Gasteiger partial charge in [0.2, 0.25) is 0 Å². The molecule has 1 N–H and O–H groups in total. The zero-order valence-electron chi connectivity index (χ0n) is 17.4. The number of aromatic nitrogens is 3. The van der Waals surface area contributed by atoms with Gasteiger partial charge in [-0.3, -0.25) is 0 Å². The van der Waals surface area contributed by atoms with Crippen molar-refractivity contribution < 1.29 is 40.6 Å². The Hall–Kier alpha value is -3.70. The summed E-state index contributed by atoms with van der Waals surface area (Å²) in [5, 5.41) is 13.4. The fraction of sp³-hybridized carbons (Fsp3) is 0.227. The highest BCUT2D eigenvalue weighted by Gasteiger charge is 2.37. The van der Waals surface area contributed by atoms with Crippen LogP contribution in [-0.4, -0.2) is 25.8 Å². The van der Waals surface area contributed by atoms with Gasteiger partial charge in [0.15, 0.2) is 5.82 Å². The Labute approximate surface area is 188 Å². The van der Waals surface area contributed by atoms with E-state index in [0.717, 1.165) is 28.9 Å². The van der Waals surface area contributed by atoms with Crippen molar-refractivity contribution in [1.82, 2.24) is 14.8 Å². The Bertz CT molecular complexity index is 1200. The third kappa shape index (κ3) is 5.80. The number of benzene rings is 1. The fourth-order valence-electron chi connectivity index (χ4n) is 3.10. The molecular weight excluding hydrogens is 471 g/mol. The summed E-state index contributed by atoms with van der Waals surface area (Å²) in [5.74, 6) is -2.61. The van der Waals surface area contributed by atoms with Gasteiger partial charge in [-0.15, -0.1) is 5.10 Å². The summed E-state index contributed by atoms with van der Waals surface area (Å²) in [6.45, 7) is 1.80. The molecule has 5 nitrogen and oxygen atoms in total. The molecule has 1 aliphatic rings. The van der Waals surface area contributed by atoms with Crippen LogP contribution in [0.5, 0.6) is 0 Å². The van der Waals surface area contributed by atoms with Gasteiger partial charge in [-0.2, -0.15) is 26.3 Å². The van der Waals surface area contributed by atoms with Crippen molar-refractivity contribution >= 4 is 12.2 Å². The summed E-state index contributed by atoms with van der Waals surface area (Å²) in [7, 11) is 0. The van der Waals surface area contributed by atoms with Crippen LogP contribution in [0.1, 0.15) is 30.9 Å². The van der Waals surface area contributed by atoms with E-state index in [1.165, 1.54) is 12.2 Å². The summed E-state index contributed by atoms with van der Waals surface area (Å²) in [6, 6.07) is 0.892. The van der Waals surface area contributed by atoms with Crippen LogP contribution in [0.2, 0.25) is 0 Å². The number of allylic oxidation sites excluding steroid dienone is 5. The molecule has 1 heterocycles. The largest absolute Gasteiger partial charge is 0.478 e.